The lowest BCUT2D eigenvalue weighted by Gasteiger charge is -2.05. The monoisotopic (exact) mass is 193 g/mol. The van der Waals surface area contributed by atoms with Crippen LogP contribution in [0.1, 0.15) is 17.7 Å². The molecule has 0 bridgehead atoms. The fraction of sp³-hybridized carbons (Fsp3) is 0.556. The van der Waals surface area contributed by atoms with Crippen molar-refractivity contribution in [2.45, 2.75) is 19.8 Å². The van der Waals surface area contributed by atoms with Gasteiger partial charge in [-0.25, -0.2) is 4.98 Å². The summed E-state index contributed by atoms with van der Waals surface area (Å²) >= 11 is 1.64. The van der Waals surface area contributed by atoms with E-state index in [0.29, 0.717) is 0 Å². The molecule has 68 valence electrons. The minimum absolute atomic E-state index is 0.0838. The molecule has 1 aliphatic carbocycles. The number of anilines is 1. The highest BCUT2D eigenvalue weighted by Gasteiger charge is 2.42. The number of nitrogens with zero attached hydrogens (tertiary/aromatic N) is 2. The summed E-state index contributed by atoms with van der Waals surface area (Å²) in [5.74, 6) is 0. The van der Waals surface area contributed by atoms with Gasteiger partial charge in [0.15, 0.2) is 5.13 Å². The molecule has 1 aromatic heterocycles. The zero-order chi connectivity index (χ0) is 9.31. The topological polar surface area (TPSA) is 48.7 Å². The summed E-state index contributed by atoms with van der Waals surface area (Å²) in [4.78, 5) is 5.38. The largest absolute Gasteiger partial charge is 0.360 e. The van der Waals surface area contributed by atoms with E-state index in [4.69, 9.17) is 5.26 Å². The maximum absolute atomic E-state index is 8.83. The standard InChI is InChI=1S/C9H11N3S/c1-7-4-11-8(13-7)12-6-9(5-10)2-3-9/h4H,2-3,6H2,1H3,(H,11,12). The average molecular weight is 193 g/mol. The van der Waals surface area contributed by atoms with Crippen molar-refractivity contribution in [2.75, 3.05) is 11.9 Å². The predicted molar refractivity (Wildman–Crippen MR) is 52.6 cm³/mol. The Kier molecular flexibility index (Phi) is 1.97. The molecule has 1 N–H and O–H groups in total. The van der Waals surface area contributed by atoms with Gasteiger partial charge in [0.1, 0.15) is 0 Å². The average Bonchev–Trinajstić information content (AvgIpc) is 2.81. The minimum atomic E-state index is -0.0838. The first kappa shape index (κ1) is 8.52. The molecule has 0 atom stereocenters. The van der Waals surface area contributed by atoms with Crippen LogP contribution < -0.4 is 5.32 Å². The van der Waals surface area contributed by atoms with Crippen molar-refractivity contribution in [1.29, 1.82) is 5.26 Å². The van der Waals surface area contributed by atoms with Crippen LogP contribution in [0.2, 0.25) is 0 Å². The van der Waals surface area contributed by atoms with Crippen molar-refractivity contribution in [1.82, 2.24) is 4.98 Å². The molecule has 13 heavy (non-hydrogen) atoms. The van der Waals surface area contributed by atoms with Crippen LogP contribution in [0.25, 0.3) is 0 Å². The summed E-state index contributed by atoms with van der Waals surface area (Å²) in [6.45, 7) is 2.77. The van der Waals surface area contributed by atoms with Gasteiger partial charge in [0.25, 0.3) is 0 Å². The molecular formula is C9H11N3S. The van der Waals surface area contributed by atoms with Crippen LogP contribution >= 0.6 is 11.3 Å². The summed E-state index contributed by atoms with van der Waals surface area (Å²) in [6, 6.07) is 2.34. The first-order valence-corrected chi connectivity index (χ1v) is 5.13. The molecule has 0 aromatic carbocycles. The molecule has 0 spiro atoms. The van der Waals surface area contributed by atoms with E-state index < -0.39 is 0 Å². The van der Waals surface area contributed by atoms with E-state index in [2.05, 4.69) is 16.4 Å². The second-order valence-corrected chi connectivity index (χ2v) is 4.76. The van der Waals surface area contributed by atoms with Crippen molar-refractivity contribution in [3.05, 3.63) is 11.1 Å². The van der Waals surface area contributed by atoms with Gasteiger partial charge in [-0.3, -0.25) is 0 Å². The number of nitriles is 1. The van der Waals surface area contributed by atoms with Gasteiger partial charge in [-0.05, 0) is 19.8 Å². The fourth-order valence-corrected chi connectivity index (χ4v) is 1.82. The molecule has 0 aliphatic heterocycles. The van der Waals surface area contributed by atoms with Crippen molar-refractivity contribution >= 4 is 16.5 Å². The van der Waals surface area contributed by atoms with Crippen molar-refractivity contribution in [3.63, 3.8) is 0 Å². The number of aryl methyl sites for hydroxylation is 1. The lowest BCUT2D eigenvalue weighted by atomic mass is 10.1. The SMILES string of the molecule is Cc1cnc(NCC2(C#N)CC2)s1. The lowest BCUT2D eigenvalue weighted by Crippen LogP contribution is -2.12. The second-order valence-electron chi connectivity index (χ2n) is 3.52. The highest BCUT2D eigenvalue weighted by Crippen LogP contribution is 2.44. The smallest absolute Gasteiger partial charge is 0.182 e. The maximum atomic E-state index is 8.83. The van der Waals surface area contributed by atoms with Crippen LogP contribution in [0.5, 0.6) is 0 Å². The van der Waals surface area contributed by atoms with Gasteiger partial charge in [0.2, 0.25) is 0 Å². The molecule has 0 saturated heterocycles. The fourth-order valence-electron chi connectivity index (χ4n) is 1.16. The molecule has 1 aliphatic rings. The zero-order valence-corrected chi connectivity index (χ0v) is 8.32. The molecule has 4 heteroatoms. The summed E-state index contributed by atoms with van der Waals surface area (Å²) in [5, 5.41) is 13.0. The molecule has 1 aromatic rings. The van der Waals surface area contributed by atoms with Crippen LogP contribution in [0.3, 0.4) is 0 Å². The number of hydrogen-bond donors (Lipinski definition) is 1. The summed E-state index contributed by atoms with van der Waals surface area (Å²) in [7, 11) is 0. The Morgan fingerprint density at radius 1 is 1.77 bits per heavy atom. The summed E-state index contributed by atoms with van der Waals surface area (Å²) in [5.41, 5.74) is -0.0838. The van der Waals surface area contributed by atoms with E-state index in [1.165, 1.54) is 4.88 Å². The number of aromatic nitrogens is 1. The van der Waals surface area contributed by atoms with Gasteiger partial charge in [-0.1, -0.05) is 0 Å². The molecule has 1 heterocycles. The molecule has 0 radical (unpaired) electrons. The van der Waals surface area contributed by atoms with Gasteiger partial charge in [0, 0.05) is 17.6 Å². The molecule has 0 unspecified atom stereocenters. The quantitative estimate of drug-likeness (QED) is 0.800. The number of nitrogens with one attached hydrogen (secondary N) is 1. The van der Waals surface area contributed by atoms with Gasteiger partial charge in [-0.15, -0.1) is 11.3 Å². The number of thiazole rings is 1. The predicted octanol–water partition coefficient (Wildman–Crippen LogP) is 2.17. The Morgan fingerprint density at radius 2 is 2.54 bits per heavy atom. The zero-order valence-electron chi connectivity index (χ0n) is 7.50. The first-order valence-electron chi connectivity index (χ1n) is 4.32. The van der Waals surface area contributed by atoms with Gasteiger partial charge in [-0.2, -0.15) is 5.26 Å². The van der Waals surface area contributed by atoms with Crippen molar-refractivity contribution in [2.24, 2.45) is 5.41 Å². The number of hydrogen-bond acceptors (Lipinski definition) is 4. The van der Waals surface area contributed by atoms with Crippen molar-refractivity contribution < 1.29 is 0 Å². The maximum Gasteiger partial charge on any atom is 0.182 e. The third-order valence-electron chi connectivity index (χ3n) is 2.29. The lowest BCUT2D eigenvalue weighted by molar-refractivity contribution is 0.711. The Hall–Kier alpha value is -1.08. The molecule has 1 fully saturated rings. The Labute approximate surface area is 81.4 Å². The van der Waals surface area contributed by atoms with E-state index in [9.17, 15) is 0 Å². The summed E-state index contributed by atoms with van der Waals surface area (Å²) in [6.07, 6.45) is 3.90. The van der Waals surface area contributed by atoms with Gasteiger partial charge in [0.05, 0.1) is 11.5 Å². The first-order chi connectivity index (χ1) is 6.24. The molecule has 1 saturated carbocycles. The minimum Gasteiger partial charge on any atom is -0.360 e. The van der Waals surface area contributed by atoms with Crippen LogP contribution in [-0.2, 0) is 0 Å². The Morgan fingerprint density at radius 3 is 3.00 bits per heavy atom. The second kappa shape index (κ2) is 3.00. The Balaban J connectivity index is 1.90. The molecular weight excluding hydrogens is 182 g/mol. The van der Waals surface area contributed by atoms with Crippen LogP contribution in [-0.4, -0.2) is 11.5 Å². The van der Waals surface area contributed by atoms with Crippen LogP contribution in [0.15, 0.2) is 6.20 Å². The molecule has 2 rings (SSSR count). The normalized spacial score (nSPS) is 17.8. The highest BCUT2D eigenvalue weighted by atomic mass is 32.1. The highest BCUT2D eigenvalue weighted by molar-refractivity contribution is 7.15. The van der Waals surface area contributed by atoms with Gasteiger partial charge < -0.3 is 5.32 Å². The van der Waals surface area contributed by atoms with Crippen LogP contribution in [0.4, 0.5) is 5.13 Å². The molecule has 3 nitrogen and oxygen atoms in total. The third kappa shape index (κ3) is 1.81. The van der Waals surface area contributed by atoms with Gasteiger partial charge >= 0.3 is 0 Å². The van der Waals surface area contributed by atoms with Crippen molar-refractivity contribution in [3.8, 4) is 6.07 Å². The number of rotatable bonds is 3. The molecule has 0 amide bonds. The van der Waals surface area contributed by atoms with E-state index in [1.54, 1.807) is 11.3 Å². The van der Waals surface area contributed by atoms with E-state index in [0.717, 1.165) is 24.5 Å². The van der Waals surface area contributed by atoms with E-state index >= 15 is 0 Å². The van der Waals surface area contributed by atoms with E-state index in [1.807, 2.05) is 13.1 Å². The Bertz CT molecular complexity index is 346. The van der Waals surface area contributed by atoms with E-state index in [-0.39, 0.29) is 5.41 Å². The third-order valence-corrected chi connectivity index (χ3v) is 3.16. The van der Waals surface area contributed by atoms with Crippen LogP contribution in [0, 0.1) is 23.7 Å². The summed E-state index contributed by atoms with van der Waals surface area (Å²) < 4.78 is 0.